The number of fused-ring (bicyclic) bond motifs is 1. The summed E-state index contributed by atoms with van der Waals surface area (Å²) in [7, 11) is 0. The molecule has 2 aliphatic rings. The average molecular weight is 227 g/mol. The number of rotatable bonds is 1. The summed E-state index contributed by atoms with van der Waals surface area (Å²) in [4.78, 5) is 22.3. The van der Waals surface area contributed by atoms with Crippen molar-refractivity contribution in [3.05, 3.63) is 10.1 Å². The molecule has 4 atom stereocenters. The Balaban J connectivity index is 2.30. The van der Waals surface area contributed by atoms with Gasteiger partial charge in [0.1, 0.15) is 11.4 Å². The Morgan fingerprint density at radius 1 is 1.50 bits per heavy atom. The Bertz CT molecular complexity index is 330. The number of hydrogen-bond donors (Lipinski definition) is 1. The highest BCUT2D eigenvalue weighted by atomic mass is 16.6. The van der Waals surface area contributed by atoms with Gasteiger partial charge in [-0.05, 0) is 25.2 Å². The Hall–Kier alpha value is -0.970. The van der Waals surface area contributed by atoms with Gasteiger partial charge in [-0.15, -0.1) is 0 Å². The average Bonchev–Trinajstić information content (AvgIpc) is 2.20. The monoisotopic (exact) mass is 227 g/mol. The molecule has 2 saturated carbocycles. The number of carbonyl (C=O) groups excluding carboxylic acids is 1. The zero-order valence-electron chi connectivity index (χ0n) is 9.39. The van der Waals surface area contributed by atoms with Crippen LogP contribution in [0.4, 0.5) is 0 Å². The van der Waals surface area contributed by atoms with E-state index in [0.29, 0.717) is 18.8 Å². The zero-order chi connectivity index (χ0) is 11.9. The van der Waals surface area contributed by atoms with Gasteiger partial charge >= 0.3 is 0 Å². The minimum atomic E-state index is -1.38. The van der Waals surface area contributed by atoms with Crippen molar-refractivity contribution in [2.45, 2.75) is 50.7 Å². The second-order valence-electron chi connectivity index (χ2n) is 5.23. The normalized spacial score (nSPS) is 43.9. The third-order valence-electron chi connectivity index (χ3n) is 4.16. The number of Topliss-reactive ketones (excluding diaryl/α,β-unsaturated/α-hetero) is 1. The lowest BCUT2D eigenvalue weighted by atomic mass is 9.62. The molecule has 5 heteroatoms. The molecule has 0 bridgehead atoms. The quantitative estimate of drug-likeness (QED) is 0.538. The van der Waals surface area contributed by atoms with Gasteiger partial charge in [-0.1, -0.05) is 6.92 Å². The number of ketones is 1. The molecule has 0 radical (unpaired) electrons. The van der Waals surface area contributed by atoms with E-state index < -0.39 is 22.5 Å². The third kappa shape index (κ3) is 1.63. The fourth-order valence-electron chi connectivity index (χ4n) is 3.18. The van der Waals surface area contributed by atoms with E-state index in [1.54, 1.807) is 0 Å². The van der Waals surface area contributed by atoms with Gasteiger partial charge in [0.15, 0.2) is 0 Å². The molecule has 0 saturated heterocycles. The Kier molecular flexibility index (Phi) is 2.74. The van der Waals surface area contributed by atoms with Crippen LogP contribution in [0.5, 0.6) is 0 Å². The molecule has 0 amide bonds. The van der Waals surface area contributed by atoms with Crippen molar-refractivity contribution in [2.75, 3.05) is 0 Å². The van der Waals surface area contributed by atoms with Crippen molar-refractivity contribution in [2.24, 2.45) is 11.8 Å². The highest BCUT2D eigenvalue weighted by molar-refractivity contribution is 5.83. The molecule has 1 N–H and O–H groups in total. The van der Waals surface area contributed by atoms with Gasteiger partial charge in [0.05, 0.1) is 5.92 Å². The molecular formula is C11H17NO4. The molecule has 0 aromatic carbocycles. The Morgan fingerprint density at radius 3 is 2.81 bits per heavy atom. The van der Waals surface area contributed by atoms with E-state index in [2.05, 4.69) is 0 Å². The fraction of sp³-hybridized carbons (Fsp3) is 0.909. The largest absolute Gasteiger partial charge is 0.382 e. The molecule has 5 nitrogen and oxygen atoms in total. The van der Waals surface area contributed by atoms with Crippen molar-refractivity contribution in [3.8, 4) is 0 Å². The van der Waals surface area contributed by atoms with Crippen LogP contribution in [-0.4, -0.2) is 27.5 Å². The van der Waals surface area contributed by atoms with Crippen molar-refractivity contribution in [1.29, 1.82) is 0 Å². The van der Waals surface area contributed by atoms with Crippen LogP contribution in [0.25, 0.3) is 0 Å². The Labute approximate surface area is 94.0 Å². The summed E-state index contributed by atoms with van der Waals surface area (Å²) in [5, 5.41) is 21.4. The predicted octanol–water partition coefficient (Wildman–Crippen LogP) is 1.16. The lowest BCUT2D eigenvalue weighted by molar-refractivity contribution is -0.552. The van der Waals surface area contributed by atoms with Crippen LogP contribution in [0.3, 0.4) is 0 Å². The maximum absolute atomic E-state index is 11.8. The third-order valence-corrected chi connectivity index (χ3v) is 4.16. The molecule has 90 valence electrons. The van der Waals surface area contributed by atoms with Crippen LogP contribution < -0.4 is 0 Å². The molecule has 0 aliphatic heterocycles. The summed E-state index contributed by atoms with van der Waals surface area (Å²) in [5.74, 6) is -0.132. The summed E-state index contributed by atoms with van der Waals surface area (Å²) in [6.07, 6.45) is 2.18. The highest BCUT2D eigenvalue weighted by Crippen LogP contribution is 2.45. The second kappa shape index (κ2) is 3.80. The van der Waals surface area contributed by atoms with Gasteiger partial charge < -0.3 is 5.11 Å². The first-order valence-corrected chi connectivity index (χ1v) is 5.83. The predicted molar refractivity (Wildman–Crippen MR) is 56.5 cm³/mol. The van der Waals surface area contributed by atoms with Crippen LogP contribution in [0, 0.1) is 22.0 Å². The fourth-order valence-corrected chi connectivity index (χ4v) is 3.18. The van der Waals surface area contributed by atoms with Gasteiger partial charge in [0.2, 0.25) is 6.04 Å². The van der Waals surface area contributed by atoms with Gasteiger partial charge in [0, 0.05) is 17.8 Å². The van der Waals surface area contributed by atoms with Crippen molar-refractivity contribution >= 4 is 5.78 Å². The minimum absolute atomic E-state index is 0.00662. The standard InChI is InChI=1S/C11H17NO4/c1-7-4-5-11(14)8(6-7)9(13)2-3-10(11)12(15)16/h7-8,10,14H,2-6H2,1H3/t7-,8+,10-,11+/m0/s1. The first kappa shape index (κ1) is 11.5. The van der Waals surface area contributed by atoms with Crippen LogP contribution in [0.1, 0.15) is 39.0 Å². The SMILES string of the molecule is C[C@H]1CC[C@@]2(O)[C@H](C1)C(=O)CC[C@@H]2[N+](=O)[O-]. The molecule has 16 heavy (non-hydrogen) atoms. The second-order valence-corrected chi connectivity index (χ2v) is 5.23. The maximum Gasteiger partial charge on any atom is 0.242 e. The van der Waals surface area contributed by atoms with Crippen LogP contribution >= 0.6 is 0 Å². The number of nitrogens with zero attached hydrogens (tertiary/aromatic N) is 1. The molecule has 0 aromatic heterocycles. The van der Waals surface area contributed by atoms with E-state index in [1.165, 1.54) is 0 Å². The summed E-state index contributed by atoms with van der Waals surface area (Å²) in [5.41, 5.74) is -1.38. The van der Waals surface area contributed by atoms with E-state index in [-0.39, 0.29) is 18.6 Å². The van der Waals surface area contributed by atoms with E-state index in [4.69, 9.17) is 0 Å². The molecule has 0 aromatic rings. The molecule has 0 spiro atoms. The lowest BCUT2D eigenvalue weighted by Gasteiger charge is -2.45. The zero-order valence-corrected chi connectivity index (χ0v) is 9.39. The van der Waals surface area contributed by atoms with Crippen LogP contribution in [0.2, 0.25) is 0 Å². The molecular weight excluding hydrogens is 210 g/mol. The molecule has 2 fully saturated rings. The van der Waals surface area contributed by atoms with Crippen LogP contribution in [-0.2, 0) is 4.79 Å². The number of aliphatic hydroxyl groups is 1. The van der Waals surface area contributed by atoms with Gasteiger partial charge in [-0.3, -0.25) is 14.9 Å². The van der Waals surface area contributed by atoms with Crippen molar-refractivity contribution in [3.63, 3.8) is 0 Å². The molecule has 2 rings (SSSR count). The lowest BCUT2D eigenvalue weighted by Crippen LogP contribution is -2.60. The first-order valence-electron chi connectivity index (χ1n) is 5.83. The van der Waals surface area contributed by atoms with E-state index in [1.807, 2.05) is 6.92 Å². The Morgan fingerprint density at radius 2 is 2.19 bits per heavy atom. The van der Waals surface area contributed by atoms with Gasteiger partial charge in [-0.25, -0.2) is 0 Å². The molecule has 0 unspecified atom stereocenters. The van der Waals surface area contributed by atoms with E-state index in [0.717, 1.165) is 6.42 Å². The van der Waals surface area contributed by atoms with E-state index in [9.17, 15) is 20.0 Å². The first-order chi connectivity index (χ1) is 7.45. The maximum atomic E-state index is 11.8. The smallest absolute Gasteiger partial charge is 0.242 e. The topological polar surface area (TPSA) is 80.4 Å². The van der Waals surface area contributed by atoms with Crippen molar-refractivity contribution in [1.82, 2.24) is 0 Å². The summed E-state index contributed by atoms with van der Waals surface area (Å²) in [6.45, 7) is 2.03. The van der Waals surface area contributed by atoms with Crippen LogP contribution in [0.15, 0.2) is 0 Å². The summed E-state index contributed by atoms with van der Waals surface area (Å²) >= 11 is 0. The number of nitro groups is 1. The minimum Gasteiger partial charge on any atom is -0.382 e. The summed E-state index contributed by atoms with van der Waals surface area (Å²) < 4.78 is 0. The van der Waals surface area contributed by atoms with E-state index >= 15 is 0 Å². The number of carbonyl (C=O) groups is 1. The van der Waals surface area contributed by atoms with Gasteiger partial charge in [0.25, 0.3) is 0 Å². The summed E-state index contributed by atoms with van der Waals surface area (Å²) in [6, 6.07) is -0.956. The molecule has 0 heterocycles. The van der Waals surface area contributed by atoms with Gasteiger partial charge in [-0.2, -0.15) is 0 Å². The van der Waals surface area contributed by atoms with Crippen molar-refractivity contribution < 1.29 is 14.8 Å². The molecule has 2 aliphatic carbocycles. The highest BCUT2D eigenvalue weighted by Gasteiger charge is 2.58. The number of hydrogen-bond acceptors (Lipinski definition) is 4.